The summed E-state index contributed by atoms with van der Waals surface area (Å²) in [5.41, 5.74) is 7.14. The van der Waals surface area contributed by atoms with Crippen LogP contribution in [0.3, 0.4) is 0 Å². The van der Waals surface area contributed by atoms with Crippen LogP contribution in [0.5, 0.6) is 5.75 Å². The van der Waals surface area contributed by atoms with Crippen LogP contribution in [-0.2, 0) is 11.2 Å². The lowest BCUT2D eigenvalue weighted by Gasteiger charge is -2.07. The second-order valence-electron chi connectivity index (χ2n) is 5.51. The standard InChI is InChI=1S/C18H19ClN2O2/c1-11-4-5-14(12(2)8-11)10-18(23)21-20-13(3)15-6-7-17(22)16(19)9-15/h4-9,22H,10H2,1-3H3,(H,21,23)/b20-13+. The first-order valence-corrected chi connectivity index (χ1v) is 7.63. The molecule has 2 N–H and O–H groups in total. The number of hydrogen-bond acceptors (Lipinski definition) is 3. The van der Waals surface area contributed by atoms with Gasteiger partial charge in [0.2, 0.25) is 5.91 Å². The third-order valence-corrected chi connectivity index (χ3v) is 3.87. The maximum Gasteiger partial charge on any atom is 0.244 e. The number of phenols is 1. The monoisotopic (exact) mass is 330 g/mol. The molecule has 4 nitrogen and oxygen atoms in total. The van der Waals surface area contributed by atoms with E-state index in [0.717, 1.165) is 16.7 Å². The molecule has 2 aromatic carbocycles. The van der Waals surface area contributed by atoms with E-state index in [4.69, 9.17) is 11.6 Å². The van der Waals surface area contributed by atoms with Crippen LogP contribution in [0.2, 0.25) is 5.02 Å². The summed E-state index contributed by atoms with van der Waals surface area (Å²) in [5.74, 6) is -0.164. The first-order valence-electron chi connectivity index (χ1n) is 7.25. The highest BCUT2D eigenvalue weighted by Crippen LogP contribution is 2.23. The maximum absolute atomic E-state index is 12.0. The van der Waals surface area contributed by atoms with Crippen molar-refractivity contribution in [3.8, 4) is 5.75 Å². The zero-order chi connectivity index (χ0) is 17.0. The fourth-order valence-corrected chi connectivity index (χ4v) is 2.38. The number of nitrogens with one attached hydrogen (secondary N) is 1. The second-order valence-corrected chi connectivity index (χ2v) is 5.91. The summed E-state index contributed by atoms with van der Waals surface area (Å²) in [6.07, 6.45) is 0.277. The molecule has 0 aliphatic heterocycles. The number of phenolic OH excluding ortho intramolecular Hbond substituents is 1. The Kier molecular flexibility index (Phi) is 5.40. The summed E-state index contributed by atoms with van der Waals surface area (Å²) >= 11 is 5.87. The van der Waals surface area contributed by atoms with Gasteiger partial charge in [-0.05, 0) is 55.7 Å². The summed E-state index contributed by atoms with van der Waals surface area (Å²) in [6, 6.07) is 10.8. The van der Waals surface area contributed by atoms with Crippen molar-refractivity contribution < 1.29 is 9.90 Å². The predicted molar refractivity (Wildman–Crippen MR) is 93.1 cm³/mol. The highest BCUT2D eigenvalue weighted by molar-refractivity contribution is 6.32. The molecule has 0 radical (unpaired) electrons. The smallest absolute Gasteiger partial charge is 0.244 e. The molecule has 5 heteroatoms. The molecule has 0 aliphatic rings. The van der Waals surface area contributed by atoms with Gasteiger partial charge in [-0.2, -0.15) is 5.10 Å². The number of hydrazone groups is 1. The van der Waals surface area contributed by atoms with Crippen molar-refractivity contribution in [1.82, 2.24) is 5.43 Å². The van der Waals surface area contributed by atoms with E-state index in [0.29, 0.717) is 5.71 Å². The highest BCUT2D eigenvalue weighted by Gasteiger charge is 2.07. The summed E-state index contributed by atoms with van der Waals surface area (Å²) in [7, 11) is 0. The first kappa shape index (κ1) is 17.0. The van der Waals surface area contributed by atoms with Crippen molar-refractivity contribution in [3.63, 3.8) is 0 Å². The van der Waals surface area contributed by atoms with E-state index in [1.807, 2.05) is 26.0 Å². The number of amides is 1. The van der Waals surface area contributed by atoms with Gasteiger partial charge in [-0.25, -0.2) is 5.43 Å². The number of carbonyl (C=O) groups is 1. The molecule has 1 amide bonds. The Morgan fingerprint density at radius 1 is 1.22 bits per heavy atom. The minimum absolute atomic E-state index is 0.0158. The average Bonchev–Trinajstić information content (AvgIpc) is 2.50. The lowest BCUT2D eigenvalue weighted by atomic mass is 10.0. The van der Waals surface area contributed by atoms with Gasteiger partial charge < -0.3 is 5.11 Å². The van der Waals surface area contributed by atoms with E-state index in [9.17, 15) is 9.90 Å². The summed E-state index contributed by atoms with van der Waals surface area (Å²) < 4.78 is 0. The molecule has 0 saturated carbocycles. The molecule has 2 rings (SSSR count). The van der Waals surface area contributed by atoms with Gasteiger partial charge >= 0.3 is 0 Å². The van der Waals surface area contributed by atoms with Gasteiger partial charge in [-0.3, -0.25) is 4.79 Å². The molecule has 0 aromatic heterocycles. The molecule has 0 bridgehead atoms. The summed E-state index contributed by atoms with van der Waals surface area (Å²) in [6.45, 7) is 5.77. The van der Waals surface area contributed by atoms with E-state index >= 15 is 0 Å². The second kappa shape index (κ2) is 7.29. The Bertz CT molecular complexity index is 770. The molecular weight excluding hydrogens is 312 g/mol. The van der Waals surface area contributed by atoms with Crippen molar-refractivity contribution >= 4 is 23.2 Å². The molecule has 0 saturated heterocycles. The fourth-order valence-electron chi connectivity index (χ4n) is 2.20. The van der Waals surface area contributed by atoms with Crippen LogP contribution >= 0.6 is 11.6 Å². The molecule has 0 unspecified atom stereocenters. The van der Waals surface area contributed by atoms with Gasteiger partial charge in [0.1, 0.15) is 5.75 Å². The zero-order valence-electron chi connectivity index (χ0n) is 13.4. The number of aromatic hydroxyl groups is 1. The van der Waals surface area contributed by atoms with E-state index < -0.39 is 0 Å². The van der Waals surface area contributed by atoms with Crippen molar-refractivity contribution in [1.29, 1.82) is 0 Å². The van der Waals surface area contributed by atoms with Crippen molar-refractivity contribution in [3.05, 3.63) is 63.7 Å². The van der Waals surface area contributed by atoms with E-state index in [1.165, 1.54) is 11.6 Å². The molecule has 23 heavy (non-hydrogen) atoms. The van der Waals surface area contributed by atoms with Gasteiger partial charge in [0.05, 0.1) is 17.2 Å². The molecule has 0 atom stereocenters. The van der Waals surface area contributed by atoms with Crippen molar-refractivity contribution in [2.45, 2.75) is 27.2 Å². The maximum atomic E-state index is 12.0. The molecule has 0 spiro atoms. The number of carbonyl (C=O) groups excluding carboxylic acids is 1. The van der Waals surface area contributed by atoms with E-state index in [1.54, 1.807) is 19.1 Å². The lowest BCUT2D eigenvalue weighted by Crippen LogP contribution is -2.21. The van der Waals surface area contributed by atoms with Crippen LogP contribution < -0.4 is 5.43 Å². The summed E-state index contributed by atoms with van der Waals surface area (Å²) in [4.78, 5) is 12.0. The number of rotatable bonds is 4. The Morgan fingerprint density at radius 2 is 1.96 bits per heavy atom. The van der Waals surface area contributed by atoms with Gasteiger partial charge in [0, 0.05) is 0 Å². The number of aryl methyl sites for hydroxylation is 2. The first-order chi connectivity index (χ1) is 10.9. The van der Waals surface area contributed by atoms with Crippen LogP contribution in [-0.4, -0.2) is 16.7 Å². The third-order valence-electron chi connectivity index (χ3n) is 3.56. The number of benzene rings is 2. The van der Waals surface area contributed by atoms with E-state index in [-0.39, 0.29) is 23.1 Å². The quantitative estimate of drug-likeness (QED) is 0.662. The van der Waals surface area contributed by atoms with Crippen LogP contribution in [0.1, 0.15) is 29.2 Å². The Morgan fingerprint density at radius 3 is 2.61 bits per heavy atom. The number of nitrogens with zero attached hydrogens (tertiary/aromatic N) is 1. The fraction of sp³-hybridized carbons (Fsp3) is 0.222. The third kappa shape index (κ3) is 4.57. The Labute approximate surface area is 140 Å². The molecule has 120 valence electrons. The molecule has 2 aromatic rings. The van der Waals surface area contributed by atoms with Gasteiger partial charge in [-0.15, -0.1) is 0 Å². The topological polar surface area (TPSA) is 61.7 Å². The van der Waals surface area contributed by atoms with Crippen LogP contribution in [0.4, 0.5) is 0 Å². The Hall–Kier alpha value is -2.33. The average molecular weight is 331 g/mol. The van der Waals surface area contributed by atoms with Crippen LogP contribution in [0.15, 0.2) is 41.5 Å². The SMILES string of the molecule is C/C(=N\NC(=O)Cc1ccc(C)cc1C)c1ccc(O)c(Cl)c1. The highest BCUT2D eigenvalue weighted by atomic mass is 35.5. The van der Waals surface area contributed by atoms with Crippen LogP contribution in [0.25, 0.3) is 0 Å². The van der Waals surface area contributed by atoms with Crippen LogP contribution in [0, 0.1) is 13.8 Å². The molecule has 0 fully saturated rings. The zero-order valence-corrected chi connectivity index (χ0v) is 14.1. The van der Waals surface area contributed by atoms with Crippen molar-refractivity contribution in [2.75, 3.05) is 0 Å². The van der Waals surface area contributed by atoms with Gasteiger partial charge in [0.15, 0.2) is 0 Å². The summed E-state index contributed by atoms with van der Waals surface area (Å²) in [5, 5.41) is 13.7. The van der Waals surface area contributed by atoms with Crippen molar-refractivity contribution in [2.24, 2.45) is 5.10 Å². The minimum atomic E-state index is -0.179. The molecular formula is C18H19ClN2O2. The largest absolute Gasteiger partial charge is 0.506 e. The van der Waals surface area contributed by atoms with E-state index in [2.05, 4.69) is 16.6 Å². The minimum Gasteiger partial charge on any atom is -0.506 e. The number of hydrogen-bond donors (Lipinski definition) is 2. The predicted octanol–water partition coefficient (Wildman–Crippen LogP) is 3.75. The molecule has 0 aliphatic carbocycles. The van der Waals surface area contributed by atoms with Gasteiger partial charge in [-0.1, -0.05) is 35.4 Å². The lowest BCUT2D eigenvalue weighted by molar-refractivity contribution is -0.120. The van der Waals surface area contributed by atoms with Gasteiger partial charge in [0.25, 0.3) is 0 Å². The Balaban J connectivity index is 2.03. The normalized spacial score (nSPS) is 11.4. The molecule has 0 heterocycles. The number of halogens is 1.